The van der Waals surface area contributed by atoms with E-state index in [0.29, 0.717) is 10.9 Å². The van der Waals surface area contributed by atoms with Crippen molar-refractivity contribution in [1.82, 2.24) is 14.9 Å². The van der Waals surface area contributed by atoms with Crippen molar-refractivity contribution in [3.8, 4) is 0 Å². The van der Waals surface area contributed by atoms with Crippen LogP contribution in [0.15, 0.2) is 29.4 Å². The predicted octanol–water partition coefficient (Wildman–Crippen LogP) is 2.32. The van der Waals surface area contributed by atoms with Gasteiger partial charge in [-0.25, -0.2) is 4.68 Å². The molecule has 2 rings (SSSR count). The third kappa shape index (κ3) is 3.08. The molecule has 0 bridgehead atoms. The zero-order valence-electron chi connectivity index (χ0n) is 11.2. The minimum absolute atomic E-state index is 0.0860. The van der Waals surface area contributed by atoms with Crippen LogP contribution in [0.4, 0.5) is 5.69 Å². The van der Waals surface area contributed by atoms with Crippen LogP contribution >= 0.6 is 11.8 Å². The van der Waals surface area contributed by atoms with Crippen LogP contribution < -0.4 is 5.84 Å². The van der Waals surface area contributed by atoms with Crippen LogP contribution in [0.5, 0.6) is 0 Å². The molecule has 1 aromatic heterocycles. The summed E-state index contributed by atoms with van der Waals surface area (Å²) in [4.78, 5) is 10.2. The molecular weight excluding hydrogens is 278 g/mol. The Morgan fingerprint density at radius 2 is 2.00 bits per heavy atom. The highest BCUT2D eigenvalue weighted by Gasteiger charge is 2.13. The number of nitro groups is 1. The average Bonchev–Trinajstić information content (AvgIpc) is 2.78. The Hall–Kier alpha value is -2.09. The van der Waals surface area contributed by atoms with Crippen molar-refractivity contribution < 1.29 is 4.92 Å². The Labute approximate surface area is 120 Å². The third-order valence-electron chi connectivity index (χ3n) is 2.72. The Bertz CT molecular complexity index is 609. The van der Waals surface area contributed by atoms with E-state index in [-0.39, 0.29) is 11.6 Å². The van der Waals surface area contributed by atoms with Crippen LogP contribution in [0.2, 0.25) is 0 Å². The number of rotatable bonds is 5. The van der Waals surface area contributed by atoms with E-state index in [2.05, 4.69) is 10.2 Å². The van der Waals surface area contributed by atoms with Crippen LogP contribution in [0.1, 0.15) is 31.2 Å². The molecule has 8 heteroatoms. The first-order valence-electron chi connectivity index (χ1n) is 6.05. The molecule has 1 aromatic carbocycles. The molecule has 0 fully saturated rings. The van der Waals surface area contributed by atoms with Crippen molar-refractivity contribution in [2.75, 3.05) is 5.84 Å². The average molecular weight is 293 g/mol. The molecule has 0 radical (unpaired) electrons. The molecular formula is C12H15N5O2S. The largest absolute Gasteiger partial charge is 0.336 e. The molecule has 0 aliphatic heterocycles. The highest BCUT2D eigenvalue weighted by molar-refractivity contribution is 7.98. The summed E-state index contributed by atoms with van der Waals surface area (Å²) in [5.41, 5.74) is 1.05. The smallest absolute Gasteiger partial charge is 0.269 e. The number of thioether (sulfide) groups is 1. The number of non-ortho nitro benzene ring substituents is 1. The van der Waals surface area contributed by atoms with Crippen molar-refractivity contribution >= 4 is 17.4 Å². The first-order valence-corrected chi connectivity index (χ1v) is 7.04. The highest BCUT2D eigenvalue weighted by Crippen LogP contribution is 2.23. The first-order chi connectivity index (χ1) is 9.49. The van der Waals surface area contributed by atoms with Gasteiger partial charge in [-0.05, 0) is 5.56 Å². The van der Waals surface area contributed by atoms with Crippen molar-refractivity contribution in [2.24, 2.45) is 0 Å². The van der Waals surface area contributed by atoms with Gasteiger partial charge in [-0.3, -0.25) is 10.1 Å². The number of nitrogen functional groups attached to an aromatic ring is 1. The second kappa shape index (κ2) is 5.91. The molecule has 0 spiro atoms. The summed E-state index contributed by atoms with van der Waals surface area (Å²) in [6.45, 7) is 4.00. The van der Waals surface area contributed by atoms with E-state index < -0.39 is 4.92 Å². The van der Waals surface area contributed by atoms with Gasteiger partial charge in [0.2, 0.25) is 5.16 Å². The summed E-state index contributed by atoms with van der Waals surface area (Å²) in [6, 6.07) is 6.43. The number of nitrogens with two attached hydrogens (primary N) is 1. The maximum atomic E-state index is 10.6. The summed E-state index contributed by atoms with van der Waals surface area (Å²) in [5.74, 6) is 7.49. The fourth-order valence-corrected chi connectivity index (χ4v) is 2.46. The highest BCUT2D eigenvalue weighted by atomic mass is 32.2. The summed E-state index contributed by atoms with van der Waals surface area (Å²) in [6.07, 6.45) is 0. The summed E-state index contributed by atoms with van der Waals surface area (Å²) in [7, 11) is 0. The van der Waals surface area contributed by atoms with Crippen molar-refractivity contribution in [3.63, 3.8) is 0 Å². The molecule has 0 atom stereocenters. The Morgan fingerprint density at radius 3 is 2.50 bits per heavy atom. The molecule has 0 saturated carbocycles. The molecule has 2 aromatic rings. The second-order valence-corrected chi connectivity index (χ2v) is 5.52. The molecule has 0 saturated heterocycles. The normalized spacial score (nSPS) is 10.9. The van der Waals surface area contributed by atoms with E-state index >= 15 is 0 Å². The zero-order valence-corrected chi connectivity index (χ0v) is 12.0. The lowest BCUT2D eigenvalue weighted by molar-refractivity contribution is -0.384. The van der Waals surface area contributed by atoms with E-state index in [9.17, 15) is 10.1 Å². The Morgan fingerprint density at radius 1 is 1.35 bits per heavy atom. The maximum Gasteiger partial charge on any atom is 0.269 e. The van der Waals surface area contributed by atoms with Crippen LogP contribution in [0.3, 0.4) is 0 Å². The summed E-state index contributed by atoms with van der Waals surface area (Å²) < 4.78 is 1.49. The predicted molar refractivity (Wildman–Crippen MR) is 76.9 cm³/mol. The van der Waals surface area contributed by atoms with Gasteiger partial charge in [0.15, 0.2) is 5.82 Å². The van der Waals surface area contributed by atoms with Gasteiger partial charge in [0.25, 0.3) is 5.69 Å². The van der Waals surface area contributed by atoms with Gasteiger partial charge in [0, 0.05) is 23.8 Å². The van der Waals surface area contributed by atoms with E-state index in [1.807, 2.05) is 13.8 Å². The van der Waals surface area contributed by atoms with Crippen molar-refractivity contribution in [3.05, 3.63) is 45.8 Å². The minimum atomic E-state index is -0.414. The van der Waals surface area contributed by atoms with Crippen molar-refractivity contribution in [1.29, 1.82) is 0 Å². The van der Waals surface area contributed by atoms with Gasteiger partial charge in [0.1, 0.15) is 0 Å². The van der Waals surface area contributed by atoms with E-state index in [1.54, 1.807) is 12.1 Å². The molecule has 106 valence electrons. The fourth-order valence-electron chi connectivity index (χ4n) is 1.64. The quantitative estimate of drug-likeness (QED) is 0.393. The van der Waals surface area contributed by atoms with Gasteiger partial charge in [-0.2, -0.15) is 0 Å². The molecule has 0 aliphatic rings. The molecule has 2 N–H and O–H groups in total. The molecule has 0 unspecified atom stereocenters. The number of hydrogen-bond donors (Lipinski definition) is 1. The topological polar surface area (TPSA) is 99.9 Å². The lowest BCUT2D eigenvalue weighted by Crippen LogP contribution is -2.14. The first kappa shape index (κ1) is 14.3. The molecule has 7 nitrogen and oxygen atoms in total. The number of nitro benzene ring substituents is 1. The summed E-state index contributed by atoms with van der Waals surface area (Å²) >= 11 is 1.45. The van der Waals surface area contributed by atoms with Crippen LogP contribution in [-0.4, -0.2) is 19.8 Å². The number of aromatic nitrogens is 3. The zero-order chi connectivity index (χ0) is 14.7. The number of hydrogen-bond acceptors (Lipinski definition) is 6. The molecule has 1 heterocycles. The Kier molecular flexibility index (Phi) is 4.23. The number of nitrogens with zero attached hydrogens (tertiary/aromatic N) is 4. The van der Waals surface area contributed by atoms with Gasteiger partial charge in [0.05, 0.1) is 4.92 Å². The van der Waals surface area contributed by atoms with Crippen LogP contribution in [0, 0.1) is 10.1 Å². The van der Waals surface area contributed by atoms with Gasteiger partial charge >= 0.3 is 0 Å². The van der Waals surface area contributed by atoms with Gasteiger partial charge in [-0.1, -0.05) is 37.7 Å². The summed E-state index contributed by atoms with van der Waals surface area (Å²) in [5, 5.41) is 19.3. The third-order valence-corrected chi connectivity index (χ3v) is 3.74. The van der Waals surface area contributed by atoms with Gasteiger partial charge < -0.3 is 5.84 Å². The lowest BCUT2D eigenvalue weighted by Gasteiger charge is -2.05. The molecule has 0 amide bonds. The molecule has 20 heavy (non-hydrogen) atoms. The molecule has 0 aliphatic carbocycles. The van der Waals surface area contributed by atoms with Gasteiger partial charge in [-0.15, -0.1) is 10.2 Å². The van der Waals surface area contributed by atoms with E-state index in [1.165, 1.54) is 28.6 Å². The standard InChI is InChI=1S/C12H15N5O2S/c1-8(2)11-14-15-12(16(11)13)20-7-9-3-5-10(6-4-9)17(18)19/h3-6,8H,7,13H2,1-2H3. The fraction of sp³-hybridized carbons (Fsp3) is 0.333. The monoisotopic (exact) mass is 293 g/mol. The van der Waals surface area contributed by atoms with E-state index in [4.69, 9.17) is 5.84 Å². The van der Waals surface area contributed by atoms with Crippen molar-refractivity contribution in [2.45, 2.75) is 30.7 Å². The SMILES string of the molecule is CC(C)c1nnc(SCc2ccc([N+](=O)[O-])cc2)n1N. The maximum absolute atomic E-state index is 10.6. The lowest BCUT2D eigenvalue weighted by atomic mass is 10.2. The minimum Gasteiger partial charge on any atom is -0.336 e. The van der Waals surface area contributed by atoms with Crippen LogP contribution in [0.25, 0.3) is 0 Å². The second-order valence-electron chi connectivity index (χ2n) is 4.58. The Balaban J connectivity index is 2.03. The van der Waals surface area contributed by atoms with E-state index in [0.717, 1.165) is 11.4 Å². The van der Waals surface area contributed by atoms with Crippen LogP contribution in [-0.2, 0) is 5.75 Å². The number of benzene rings is 1.